The minimum atomic E-state index is -0.177. The van der Waals surface area contributed by atoms with Crippen molar-refractivity contribution in [3.63, 3.8) is 0 Å². The third-order valence-corrected chi connectivity index (χ3v) is 4.44. The van der Waals surface area contributed by atoms with Crippen molar-refractivity contribution in [1.82, 2.24) is 15.6 Å². The van der Waals surface area contributed by atoms with E-state index in [-0.39, 0.29) is 5.91 Å². The number of amides is 1. The van der Waals surface area contributed by atoms with Gasteiger partial charge in [-0.1, -0.05) is 25.7 Å². The molecule has 1 aliphatic rings. The van der Waals surface area contributed by atoms with Gasteiger partial charge in [-0.25, -0.2) is 4.98 Å². The molecule has 2 heterocycles. The standard InChI is InChI=1S/C18H25N3O2/c1-13-8-9-16-15(21-13)12-17(23-16)18(22)20-11-10-19-14-6-4-2-3-5-7-14/h8-9,12,14,19H,2-7,10-11H2,1H3,(H,20,22). The summed E-state index contributed by atoms with van der Waals surface area (Å²) in [6.45, 7) is 3.33. The molecule has 0 radical (unpaired) electrons. The van der Waals surface area contributed by atoms with Gasteiger partial charge in [-0.05, 0) is 31.9 Å². The molecule has 0 spiro atoms. The lowest BCUT2D eigenvalue weighted by Crippen LogP contribution is -2.36. The fourth-order valence-electron chi connectivity index (χ4n) is 3.16. The molecule has 0 atom stereocenters. The molecule has 3 rings (SSSR count). The van der Waals surface area contributed by atoms with Crippen LogP contribution in [0.5, 0.6) is 0 Å². The van der Waals surface area contributed by atoms with Crippen LogP contribution in [0.4, 0.5) is 0 Å². The minimum Gasteiger partial charge on any atom is -0.449 e. The number of hydrogen-bond donors (Lipinski definition) is 2. The van der Waals surface area contributed by atoms with Gasteiger partial charge in [-0.2, -0.15) is 0 Å². The molecule has 2 aromatic rings. The number of pyridine rings is 1. The van der Waals surface area contributed by atoms with E-state index in [1.54, 1.807) is 6.07 Å². The second-order valence-electron chi connectivity index (χ2n) is 6.35. The van der Waals surface area contributed by atoms with Crippen LogP contribution in [0.1, 0.15) is 54.8 Å². The molecule has 2 N–H and O–H groups in total. The highest BCUT2D eigenvalue weighted by Gasteiger charge is 2.14. The predicted octanol–water partition coefficient (Wildman–Crippen LogP) is 3.18. The number of aromatic nitrogens is 1. The molecule has 1 aliphatic carbocycles. The molecule has 0 unspecified atom stereocenters. The lowest BCUT2D eigenvalue weighted by molar-refractivity contribution is 0.0928. The van der Waals surface area contributed by atoms with Crippen molar-refractivity contribution in [2.24, 2.45) is 0 Å². The van der Waals surface area contributed by atoms with E-state index in [4.69, 9.17) is 4.42 Å². The number of nitrogens with one attached hydrogen (secondary N) is 2. The molecule has 1 amide bonds. The lowest BCUT2D eigenvalue weighted by Gasteiger charge is -2.16. The maximum Gasteiger partial charge on any atom is 0.287 e. The Morgan fingerprint density at radius 3 is 2.78 bits per heavy atom. The van der Waals surface area contributed by atoms with Gasteiger partial charge in [-0.15, -0.1) is 0 Å². The van der Waals surface area contributed by atoms with E-state index >= 15 is 0 Å². The summed E-state index contributed by atoms with van der Waals surface area (Å²) < 4.78 is 5.55. The first-order valence-corrected chi connectivity index (χ1v) is 8.61. The average Bonchev–Trinajstić information content (AvgIpc) is 2.79. The molecule has 0 aliphatic heterocycles. The predicted molar refractivity (Wildman–Crippen MR) is 90.6 cm³/mol. The molecule has 0 saturated heterocycles. The molecule has 0 bridgehead atoms. The molecule has 5 nitrogen and oxygen atoms in total. The molecular formula is C18H25N3O2. The zero-order chi connectivity index (χ0) is 16.1. The second kappa shape index (κ2) is 7.59. The summed E-state index contributed by atoms with van der Waals surface area (Å²) in [4.78, 5) is 16.5. The van der Waals surface area contributed by atoms with E-state index in [1.165, 1.54) is 38.5 Å². The fourth-order valence-corrected chi connectivity index (χ4v) is 3.16. The Bertz CT molecular complexity index is 657. The summed E-state index contributed by atoms with van der Waals surface area (Å²) >= 11 is 0. The van der Waals surface area contributed by atoms with Crippen LogP contribution in [0.25, 0.3) is 11.1 Å². The van der Waals surface area contributed by atoms with E-state index in [0.717, 1.165) is 17.8 Å². The summed E-state index contributed by atoms with van der Waals surface area (Å²) in [6, 6.07) is 6.04. The maximum atomic E-state index is 12.1. The van der Waals surface area contributed by atoms with Crippen molar-refractivity contribution >= 4 is 17.0 Å². The summed E-state index contributed by atoms with van der Waals surface area (Å²) in [5.41, 5.74) is 2.29. The smallest absolute Gasteiger partial charge is 0.287 e. The highest BCUT2D eigenvalue weighted by Crippen LogP contribution is 2.18. The van der Waals surface area contributed by atoms with Gasteiger partial charge < -0.3 is 15.1 Å². The highest BCUT2D eigenvalue weighted by atomic mass is 16.3. The van der Waals surface area contributed by atoms with Crippen LogP contribution in [0.15, 0.2) is 22.6 Å². The van der Waals surface area contributed by atoms with E-state index in [9.17, 15) is 4.79 Å². The first-order chi connectivity index (χ1) is 11.2. The third kappa shape index (κ3) is 4.32. The molecule has 0 aromatic carbocycles. The van der Waals surface area contributed by atoms with Crippen LogP contribution in [-0.2, 0) is 0 Å². The number of hydrogen-bond acceptors (Lipinski definition) is 4. The third-order valence-electron chi connectivity index (χ3n) is 4.44. The van der Waals surface area contributed by atoms with Gasteiger partial charge in [0.05, 0.1) is 0 Å². The zero-order valence-corrected chi connectivity index (χ0v) is 13.7. The van der Waals surface area contributed by atoms with Crippen molar-refractivity contribution < 1.29 is 9.21 Å². The summed E-state index contributed by atoms with van der Waals surface area (Å²) in [6.07, 6.45) is 7.85. The number of carbonyl (C=O) groups excluding carboxylic acids is 1. The van der Waals surface area contributed by atoms with Gasteiger partial charge in [-0.3, -0.25) is 4.79 Å². The van der Waals surface area contributed by atoms with Gasteiger partial charge in [0, 0.05) is 30.9 Å². The quantitative estimate of drug-likeness (QED) is 0.657. The largest absolute Gasteiger partial charge is 0.449 e. The number of aryl methyl sites for hydroxylation is 1. The monoisotopic (exact) mass is 315 g/mol. The van der Waals surface area contributed by atoms with E-state index in [1.807, 2.05) is 19.1 Å². The van der Waals surface area contributed by atoms with Crippen molar-refractivity contribution in [2.75, 3.05) is 13.1 Å². The topological polar surface area (TPSA) is 67.2 Å². The number of fused-ring (bicyclic) bond motifs is 1. The van der Waals surface area contributed by atoms with E-state index in [2.05, 4.69) is 15.6 Å². The zero-order valence-electron chi connectivity index (χ0n) is 13.7. The summed E-state index contributed by atoms with van der Waals surface area (Å²) in [7, 11) is 0. The molecule has 1 saturated carbocycles. The van der Waals surface area contributed by atoms with Crippen LogP contribution in [0.2, 0.25) is 0 Å². The van der Waals surface area contributed by atoms with Crippen molar-refractivity contribution in [1.29, 1.82) is 0 Å². The van der Waals surface area contributed by atoms with Crippen molar-refractivity contribution in [3.05, 3.63) is 29.7 Å². The van der Waals surface area contributed by atoms with Crippen molar-refractivity contribution in [3.8, 4) is 0 Å². The normalized spacial score (nSPS) is 16.4. The van der Waals surface area contributed by atoms with Gasteiger partial charge in [0.2, 0.25) is 0 Å². The first-order valence-electron chi connectivity index (χ1n) is 8.61. The van der Waals surface area contributed by atoms with Crippen LogP contribution in [0.3, 0.4) is 0 Å². The van der Waals surface area contributed by atoms with Gasteiger partial charge in [0.25, 0.3) is 5.91 Å². The molecular weight excluding hydrogens is 290 g/mol. The first kappa shape index (κ1) is 16.0. The lowest BCUT2D eigenvalue weighted by atomic mass is 10.1. The van der Waals surface area contributed by atoms with Crippen LogP contribution in [0, 0.1) is 6.92 Å². The Labute approximate surface area is 136 Å². The maximum absolute atomic E-state index is 12.1. The molecule has 5 heteroatoms. The highest BCUT2D eigenvalue weighted by molar-refractivity contribution is 5.95. The number of nitrogens with zero attached hydrogens (tertiary/aromatic N) is 1. The van der Waals surface area contributed by atoms with Crippen LogP contribution < -0.4 is 10.6 Å². The molecule has 23 heavy (non-hydrogen) atoms. The molecule has 2 aromatic heterocycles. The van der Waals surface area contributed by atoms with Crippen molar-refractivity contribution in [2.45, 2.75) is 51.5 Å². The van der Waals surface area contributed by atoms with E-state index in [0.29, 0.717) is 23.9 Å². The fraction of sp³-hybridized carbons (Fsp3) is 0.556. The Kier molecular flexibility index (Phi) is 5.28. The van der Waals surface area contributed by atoms with Crippen LogP contribution in [-0.4, -0.2) is 30.0 Å². The summed E-state index contributed by atoms with van der Waals surface area (Å²) in [5.74, 6) is 0.149. The Morgan fingerprint density at radius 2 is 2.00 bits per heavy atom. The van der Waals surface area contributed by atoms with Gasteiger partial charge in [0.1, 0.15) is 5.52 Å². The van der Waals surface area contributed by atoms with Gasteiger partial charge >= 0.3 is 0 Å². The SMILES string of the molecule is Cc1ccc2oc(C(=O)NCCNC3CCCCCC3)cc2n1. The number of carbonyl (C=O) groups is 1. The number of furan rings is 1. The minimum absolute atomic E-state index is 0.177. The molecule has 124 valence electrons. The van der Waals surface area contributed by atoms with E-state index < -0.39 is 0 Å². The summed E-state index contributed by atoms with van der Waals surface area (Å²) in [5, 5.41) is 6.45. The van der Waals surface area contributed by atoms with Gasteiger partial charge in [0.15, 0.2) is 11.3 Å². The Morgan fingerprint density at radius 1 is 1.22 bits per heavy atom. The molecule has 1 fully saturated rings. The second-order valence-corrected chi connectivity index (χ2v) is 6.35. The Balaban J connectivity index is 1.46. The number of rotatable bonds is 5. The Hall–Kier alpha value is -1.88. The van der Waals surface area contributed by atoms with Crippen LogP contribution >= 0.6 is 0 Å². The average molecular weight is 315 g/mol.